The first-order valence-corrected chi connectivity index (χ1v) is 10.5. The Kier molecular flexibility index (Phi) is 7.12. The summed E-state index contributed by atoms with van der Waals surface area (Å²) in [4.78, 5) is 21.9. The Balaban J connectivity index is 1.98. The highest BCUT2D eigenvalue weighted by Crippen LogP contribution is 2.33. The molecule has 1 aromatic heterocycles. The normalized spacial score (nSPS) is 11.0. The summed E-state index contributed by atoms with van der Waals surface area (Å²) < 4.78 is 17.2. The zero-order chi connectivity index (χ0) is 21.7. The molecule has 0 N–H and O–H groups in total. The van der Waals surface area contributed by atoms with Gasteiger partial charge in [-0.3, -0.25) is 9.69 Å². The highest BCUT2D eigenvalue weighted by molar-refractivity contribution is 7.22. The number of amides is 1. The van der Waals surface area contributed by atoms with Gasteiger partial charge in [0.1, 0.15) is 5.75 Å². The molecule has 0 bridgehead atoms. The van der Waals surface area contributed by atoms with E-state index in [1.165, 1.54) is 11.3 Å². The number of aromatic nitrogens is 1. The fourth-order valence-corrected chi connectivity index (χ4v) is 3.99. The van der Waals surface area contributed by atoms with Crippen molar-refractivity contribution in [2.45, 2.75) is 6.92 Å². The number of nitrogens with zero attached hydrogens (tertiary/aromatic N) is 3. The van der Waals surface area contributed by atoms with Gasteiger partial charge in [0.25, 0.3) is 5.91 Å². The lowest BCUT2D eigenvalue weighted by Gasteiger charge is -2.22. The molecule has 7 nitrogen and oxygen atoms in total. The summed E-state index contributed by atoms with van der Waals surface area (Å²) in [7, 11) is 7.08. The summed E-state index contributed by atoms with van der Waals surface area (Å²) in [5.41, 5.74) is 1.36. The highest BCUT2D eigenvalue weighted by Gasteiger charge is 2.23. The van der Waals surface area contributed by atoms with Gasteiger partial charge in [-0.15, -0.1) is 0 Å². The molecule has 0 saturated carbocycles. The second kappa shape index (κ2) is 9.77. The molecule has 0 unspecified atom stereocenters. The monoisotopic (exact) mass is 429 g/mol. The van der Waals surface area contributed by atoms with Gasteiger partial charge >= 0.3 is 0 Å². The van der Waals surface area contributed by atoms with Crippen molar-refractivity contribution in [2.24, 2.45) is 0 Å². The standard InChI is InChI=1S/C22H27N3O4S/c1-6-29-16-8-9-17-20(14-16)30-22(23-17)25(12-11-24(2)3)21(26)15-7-10-18(27-4)19(13-15)28-5/h7-10,13-14H,6,11-12H2,1-5H3. The maximum Gasteiger partial charge on any atom is 0.260 e. The van der Waals surface area contributed by atoms with Crippen LogP contribution in [0, 0.1) is 0 Å². The first-order valence-electron chi connectivity index (χ1n) is 9.68. The van der Waals surface area contributed by atoms with Gasteiger partial charge < -0.3 is 19.1 Å². The molecule has 2 aromatic carbocycles. The zero-order valence-electron chi connectivity index (χ0n) is 18.0. The molecule has 0 aliphatic rings. The van der Waals surface area contributed by atoms with Crippen molar-refractivity contribution in [3.8, 4) is 17.2 Å². The molecule has 3 aromatic rings. The van der Waals surface area contributed by atoms with Crippen LogP contribution in [0.5, 0.6) is 17.2 Å². The number of thiazole rings is 1. The van der Waals surface area contributed by atoms with Crippen molar-refractivity contribution in [2.75, 3.05) is 52.9 Å². The smallest absolute Gasteiger partial charge is 0.260 e. The van der Waals surface area contributed by atoms with Crippen molar-refractivity contribution in [1.82, 2.24) is 9.88 Å². The van der Waals surface area contributed by atoms with Gasteiger partial charge in [0.05, 0.1) is 31.0 Å². The predicted molar refractivity (Wildman–Crippen MR) is 121 cm³/mol. The number of methoxy groups -OCH3 is 2. The number of hydrogen-bond donors (Lipinski definition) is 0. The molecule has 0 aliphatic carbocycles. The number of anilines is 1. The second-order valence-corrected chi connectivity index (χ2v) is 7.90. The van der Waals surface area contributed by atoms with E-state index < -0.39 is 0 Å². The molecule has 0 fully saturated rings. The third kappa shape index (κ3) is 4.83. The van der Waals surface area contributed by atoms with Crippen molar-refractivity contribution < 1.29 is 19.0 Å². The molecular formula is C22H27N3O4S. The van der Waals surface area contributed by atoms with E-state index in [0.717, 1.165) is 16.0 Å². The third-order valence-electron chi connectivity index (χ3n) is 4.54. The average Bonchev–Trinajstić information content (AvgIpc) is 3.16. The minimum atomic E-state index is -0.137. The largest absolute Gasteiger partial charge is 0.494 e. The van der Waals surface area contributed by atoms with Gasteiger partial charge in [-0.2, -0.15) is 0 Å². The summed E-state index contributed by atoms with van der Waals surface area (Å²) in [6.45, 7) is 3.77. The van der Waals surface area contributed by atoms with Crippen molar-refractivity contribution in [1.29, 1.82) is 0 Å². The van der Waals surface area contributed by atoms with Gasteiger partial charge in [0.2, 0.25) is 0 Å². The van der Waals surface area contributed by atoms with Crippen LogP contribution in [0.15, 0.2) is 36.4 Å². The SMILES string of the molecule is CCOc1ccc2nc(N(CCN(C)C)C(=O)c3ccc(OC)c(OC)c3)sc2c1. The number of carbonyl (C=O) groups is 1. The lowest BCUT2D eigenvalue weighted by atomic mass is 10.1. The van der Waals surface area contributed by atoms with E-state index in [4.69, 9.17) is 19.2 Å². The first kappa shape index (κ1) is 21.9. The maximum absolute atomic E-state index is 13.4. The molecule has 1 amide bonds. The zero-order valence-corrected chi connectivity index (χ0v) is 18.8. The van der Waals surface area contributed by atoms with Crippen LogP contribution in [-0.2, 0) is 0 Å². The van der Waals surface area contributed by atoms with Gasteiger partial charge in [-0.25, -0.2) is 4.98 Å². The molecule has 0 atom stereocenters. The Morgan fingerprint density at radius 2 is 1.80 bits per heavy atom. The predicted octanol–water partition coefficient (Wildman–Crippen LogP) is 3.92. The van der Waals surface area contributed by atoms with Crippen molar-refractivity contribution >= 4 is 32.6 Å². The van der Waals surface area contributed by atoms with Crippen LogP contribution in [0.3, 0.4) is 0 Å². The molecule has 0 saturated heterocycles. The topological polar surface area (TPSA) is 64.1 Å². The molecule has 1 heterocycles. The molecule has 30 heavy (non-hydrogen) atoms. The van der Waals surface area contributed by atoms with E-state index in [-0.39, 0.29) is 5.91 Å². The number of fused-ring (bicyclic) bond motifs is 1. The molecule has 3 rings (SSSR count). The van der Waals surface area contributed by atoms with Gasteiger partial charge in [0, 0.05) is 18.7 Å². The first-order chi connectivity index (χ1) is 14.5. The summed E-state index contributed by atoms with van der Waals surface area (Å²) in [6, 6.07) is 11.0. The average molecular weight is 430 g/mol. The summed E-state index contributed by atoms with van der Waals surface area (Å²) in [5, 5.41) is 0.653. The summed E-state index contributed by atoms with van der Waals surface area (Å²) in [6.07, 6.45) is 0. The number of ether oxygens (including phenoxy) is 3. The Hall–Kier alpha value is -2.84. The van der Waals surface area contributed by atoms with E-state index in [1.807, 2.05) is 44.1 Å². The second-order valence-electron chi connectivity index (χ2n) is 6.89. The van der Waals surface area contributed by atoms with Crippen LogP contribution < -0.4 is 19.1 Å². The quantitative estimate of drug-likeness (QED) is 0.514. The number of hydrogen-bond acceptors (Lipinski definition) is 7. The number of carbonyl (C=O) groups excluding carboxylic acids is 1. The fourth-order valence-electron chi connectivity index (χ4n) is 2.97. The van der Waals surface area contributed by atoms with Crippen LogP contribution in [0.1, 0.15) is 17.3 Å². The molecule has 0 spiro atoms. The number of benzene rings is 2. The van der Waals surface area contributed by atoms with Gasteiger partial charge in [-0.05, 0) is 57.4 Å². The summed E-state index contributed by atoms with van der Waals surface area (Å²) in [5.74, 6) is 1.76. The molecule has 0 radical (unpaired) electrons. The molecular weight excluding hydrogens is 402 g/mol. The van der Waals surface area contributed by atoms with E-state index in [2.05, 4.69) is 0 Å². The van der Waals surface area contributed by atoms with E-state index >= 15 is 0 Å². The maximum atomic E-state index is 13.4. The van der Waals surface area contributed by atoms with Crippen LogP contribution >= 0.6 is 11.3 Å². The summed E-state index contributed by atoms with van der Waals surface area (Å²) >= 11 is 1.48. The minimum Gasteiger partial charge on any atom is -0.494 e. The Morgan fingerprint density at radius 1 is 1.03 bits per heavy atom. The fraction of sp³-hybridized carbons (Fsp3) is 0.364. The van der Waals surface area contributed by atoms with Crippen LogP contribution in [-0.4, -0.2) is 63.8 Å². The van der Waals surface area contributed by atoms with Crippen LogP contribution in [0.2, 0.25) is 0 Å². The Bertz CT molecular complexity index is 1020. The third-order valence-corrected chi connectivity index (χ3v) is 5.58. The minimum absolute atomic E-state index is 0.137. The molecule has 160 valence electrons. The van der Waals surface area contributed by atoms with E-state index in [1.54, 1.807) is 37.3 Å². The lowest BCUT2D eigenvalue weighted by molar-refractivity contribution is 0.0985. The van der Waals surface area contributed by atoms with Crippen molar-refractivity contribution in [3.05, 3.63) is 42.0 Å². The van der Waals surface area contributed by atoms with Gasteiger partial charge in [-0.1, -0.05) is 11.3 Å². The van der Waals surface area contributed by atoms with E-state index in [0.29, 0.717) is 41.9 Å². The Labute approximate surface area is 180 Å². The number of likely N-dealkylation sites (N-methyl/N-ethyl adjacent to an activating group) is 1. The van der Waals surface area contributed by atoms with Crippen LogP contribution in [0.4, 0.5) is 5.13 Å². The molecule has 0 aliphatic heterocycles. The molecule has 8 heteroatoms. The lowest BCUT2D eigenvalue weighted by Crippen LogP contribution is -2.36. The number of rotatable bonds is 9. The van der Waals surface area contributed by atoms with Gasteiger partial charge in [0.15, 0.2) is 16.6 Å². The van der Waals surface area contributed by atoms with E-state index in [9.17, 15) is 4.79 Å². The highest BCUT2D eigenvalue weighted by atomic mass is 32.1. The Morgan fingerprint density at radius 3 is 2.47 bits per heavy atom. The van der Waals surface area contributed by atoms with Crippen LogP contribution in [0.25, 0.3) is 10.2 Å². The van der Waals surface area contributed by atoms with Crippen molar-refractivity contribution in [3.63, 3.8) is 0 Å².